The number of esters is 1. The smallest absolute Gasteiger partial charge is 0.407 e. The zero-order valence-electron chi connectivity index (χ0n) is 13.0. The molecule has 5 nitrogen and oxygen atoms in total. The molecule has 5 heteroatoms. The molecule has 0 fully saturated rings. The van der Waals surface area contributed by atoms with Gasteiger partial charge in [-0.1, -0.05) is 20.3 Å². The molecule has 0 spiro atoms. The van der Waals surface area contributed by atoms with Gasteiger partial charge in [0.05, 0.1) is 0 Å². The van der Waals surface area contributed by atoms with Crippen LogP contribution in [-0.2, 0) is 14.3 Å². The van der Waals surface area contributed by atoms with E-state index < -0.39 is 6.09 Å². The van der Waals surface area contributed by atoms with E-state index in [1.807, 2.05) is 13.8 Å². The van der Waals surface area contributed by atoms with E-state index in [1.54, 1.807) is 12.2 Å². The van der Waals surface area contributed by atoms with Gasteiger partial charge in [0.2, 0.25) is 0 Å². The Kier molecular flexibility index (Phi) is 10.5. The molecule has 0 rings (SSSR count). The van der Waals surface area contributed by atoms with Gasteiger partial charge >= 0.3 is 12.1 Å². The fourth-order valence-corrected chi connectivity index (χ4v) is 1.41. The summed E-state index contributed by atoms with van der Waals surface area (Å²) >= 11 is 0. The quantitative estimate of drug-likeness (QED) is 0.522. The fourth-order valence-electron chi connectivity index (χ4n) is 1.41. The molecule has 0 aliphatic carbocycles. The highest BCUT2D eigenvalue weighted by molar-refractivity contribution is 5.69. The molecule has 0 bridgehead atoms. The van der Waals surface area contributed by atoms with Crippen molar-refractivity contribution in [2.24, 2.45) is 5.92 Å². The molecule has 1 N–H and O–H groups in total. The molecule has 116 valence electrons. The van der Waals surface area contributed by atoms with Gasteiger partial charge in [0.25, 0.3) is 0 Å². The van der Waals surface area contributed by atoms with Gasteiger partial charge in [-0.25, -0.2) is 4.79 Å². The van der Waals surface area contributed by atoms with Crippen molar-refractivity contribution in [3.05, 3.63) is 12.2 Å². The van der Waals surface area contributed by atoms with Crippen molar-refractivity contribution in [3.63, 3.8) is 0 Å². The number of amides is 1. The number of ether oxygens (including phenoxy) is 2. The van der Waals surface area contributed by atoms with Gasteiger partial charge in [-0.3, -0.25) is 4.79 Å². The van der Waals surface area contributed by atoms with E-state index >= 15 is 0 Å². The number of nitrogens with one attached hydrogen (secondary N) is 1. The van der Waals surface area contributed by atoms with Crippen molar-refractivity contribution in [2.45, 2.75) is 53.0 Å². The molecule has 0 atom stereocenters. The van der Waals surface area contributed by atoms with Crippen LogP contribution in [0.5, 0.6) is 0 Å². The molecule has 0 aromatic rings. The number of carbonyl (C=O) groups excluding carboxylic acids is 2. The molecule has 0 heterocycles. The summed E-state index contributed by atoms with van der Waals surface area (Å²) in [6, 6.07) is 0.0540. The van der Waals surface area contributed by atoms with Crippen LogP contribution in [0.1, 0.15) is 47.0 Å². The van der Waals surface area contributed by atoms with Crippen molar-refractivity contribution >= 4 is 12.1 Å². The lowest BCUT2D eigenvalue weighted by atomic mass is 10.1. The van der Waals surface area contributed by atoms with Gasteiger partial charge in [0, 0.05) is 12.5 Å². The zero-order chi connectivity index (χ0) is 15.4. The molecule has 0 saturated heterocycles. The predicted octanol–water partition coefficient (Wildman–Crippen LogP) is 3.05. The van der Waals surface area contributed by atoms with Crippen LogP contribution in [0.2, 0.25) is 0 Å². The predicted molar refractivity (Wildman–Crippen MR) is 78.4 cm³/mol. The Hall–Kier alpha value is -1.52. The van der Waals surface area contributed by atoms with Crippen molar-refractivity contribution < 1.29 is 19.1 Å². The van der Waals surface area contributed by atoms with Crippen molar-refractivity contribution in [1.82, 2.24) is 5.32 Å². The standard InChI is InChI=1S/C15H27NO4/c1-12(2)8-7-9-14(17)19-10-5-6-11-20-15(18)16-13(3)4/h5-6,12-13H,7-11H2,1-4H3,(H,16,18)/b6-5+. The Morgan fingerprint density at radius 1 is 1.05 bits per heavy atom. The first-order chi connectivity index (χ1) is 9.41. The summed E-state index contributed by atoms with van der Waals surface area (Å²) in [5.74, 6) is 0.422. The number of rotatable bonds is 9. The molecular formula is C15H27NO4. The van der Waals surface area contributed by atoms with Crippen LogP contribution in [0.3, 0.4) is 0 Å². The average molecular weight is 285 g/mol. The minimum absolute atomic E-state index is 0.0540. The summed E-state index contributed by atoms with van der Waals surface area (Å²) < 4.78 is 9.89. The van der Waals surface area contributed by atoms with Gasteiger partial charge in [-0.05, 0) is 38.3 Å². The Morgan fingerprint density at radius 3 is 2.20 bits per heavy atom. The van der Waals surface area contributed by atoms with Crippen LogP contribution in [0.15, 0.2) is 12.2 Å². The Morgan fingerprint density at radius 2 is 1.65 bits per heavy atom. The molecule has 20 heavy (non-hydrogen) atoms. The van der Waals surface area contributed by atoms with Crippen molar-refractivity contribution in [3.8, 4) is 0 Å². The van der Waals surface area contributed by atoms with Crippen LogP contribution >= 0.6 is 0 Å². The summed E-state index contributed by atoms with van der Waals surface area (Å²) in [6.07, 6.45) is 5.22. The Labute approximate surface area is 121 Å². The van der Waals surface area contributed by atoms with Crippen LogP contribution in [0.25, 0.3) is 0 Å². The van der Waals surface area contributed by atoms with E-state index in [1.165, 1.54) is 0 Å². The van der Waals surface area contributed by atoms with Gasteiger partial charge in [0.1, 0.15) is 13.2 Å². The van der Waals surface area contributed by atoms with E-state index in [4.69, 9.17) is 9.47 Å². The van der Waals surface area contributed by atoms with Crippen molar-refractivity contribution in [2.75, 3.05) is 13.2 Å². The van der Waals surface area contributed by atoms with E-state index in [9.17, 15) is 9.59 Å². The van der Waals surface area contributed by atoms with Crippen molar-refractivity contribution in [1.29, 1.82) is 0 Å². The number of carbonyl (C=O) groups is 2. The second-order valence-electron chi connectivity index (χ2n) is 5.34. The number of hydrogen-bond donors (Lipinski definition) is 1. The van der Waals surface area contributed by atoms with Crippen LogP contribution in [0.4, 0.5) is 4.79 Å². The highest BCUT2D eigenvalue weighted by Gasteiger charge is 2.03. The third-order valence-electron chi connectivity index (χ3n) is 2.39. The lowest BCUT2D eigenvalue weighted by Gasteiger charge is -2.07. The maximum Gasteiger partial charge on any atom is 0.407 e. The Balaban J connectivity index is 3.51. The van der Waals surface area contributed by atoms with E-state index in [-0.39, 0.29) is 25.2 Å². The minimum atomic E-state index is -0.449. The minimum Gasteiger partial charge on any atom is -0.461 e. The van der Waals surface area contributed by atoms with Crippen LogP contribution in [-0.4, -0.2) is 31.3 Å². The fraction of sp³-hybridized carbons (Fsp3) is 0.733. The Bertz CT molecular complexity index is 311. The first kappa shape index (κ1) is 18.5. The normalized spacial score (nSPS) is 11.1. The summed E-state index contributed by atoms with van der Waals surface area (Å²) in [5, 5.41) is 2.60. The summed E-state index contributed by atoms with van der Waals surface area (Å²) in [6.45, 7) is 8.36. The zero-order valence-corrected chi connectivity index (χ0v) is 13.0. The molecule has 0 aromatic carbocycles. The molecular weight excluding hydrogens is 258 g/mol. The van der Waals surface area contributed by atoms with Crippen LogP contribution in [0, 0.1) is 5.92 Å². The number of alkyl carbamates (subject to hydrolysis) is 1. The lowest BCUT2D eigenvalue weighted by molar-refractivity contribution is -0.142. The topological polar surface area (TPSA) is 64.6 Å². The molecule has 0 saturated carbocycles. The van der Waals surface area contributed by atoms with Gasteiger partial charge in [0.15, 0.2) is 0 Å². The van der Waals surface area contributed by atoms with Crippen LogP contribution < -0.4 is 5.32 Å². The molecule has 0 aliphatic heterocycles. The molecule has 1 amide bonds. The second-order valence-corrected chi connectivity index (χ2v) is 5.34. The molecule has 0 aliphatic rings. The molecule has 0 unspecified atom stereocenters. The van der Waals surface area contributed by atoms with Gasteiger partial charge in [-0.2, -0.15) is 0 Å². The summed E-state index contributed by atoms with van der Waals surface area (Å²) in [4.78, 5) is 22.5. The SMILES string of the molecule is CC(C)CCCC(=O)OC/C=C/COC(=O)NC(C)C. The van der Waals surface area contributed by atoms with Gasteiger partial charge < -0.3 is 14.8 Å². The maximum atomic E-state index is 11.3. The summed E-state index contributed by atoms with van der Waals surface area (Å²) in [5.41, 5.74) is 0. The second kappa shape index (κ2) is 11.3. The van der Waals surface area contributed by atoms with E-state index in [0.29, 0.717) is 12.3 Å². The molecule has 0 aromatic heterocycles. The number of hydrogen-bond acceptors (Lipinski definition) is 4. The lowest BCUT2D eigenvalue weighted by Crippen LogP contribution is -2.30. The first-order valence-corrected chi connectivity index (χ1v) is 7.15. The molecule has 0 radical (unpaired) electrons. The maximum absolute atomic E-state index is 11.3. The highest BCUT2D eigenvalue weighted by atomic mass is 16.5. The van der Waals surface area contributed by atoms with Gasteiger partial charge in [-0.15, -0.1) is 0 Å². The first-order valence-electron chi connectivity index (χ1n) is 7.15. The highest BCUT2D eigenvalue weighted by Crippen LogP contribution is 2.06. The van der Waals surface area contributed by atoms with E-state index in [0.717, 1.165) is 12.8 Å². The monoisotopic (exact) mass is 285 g/mol. The summed E-state index contributed by atoms with van der Waals surface area (Å²) in [7, 11) is 0. The third-order valence-corrected chi connectivity index (χ3v) is 2.39. The van der Waals surface area contributed by atoms with E-state index in [2.05, 4.69) is 19.2 Å². The third kappa shape index (κ3) is 12.9. The largest absolute Gasteiger partial charge is 0.461 e. The average Bonchev–Trinajstić information content (AvgIpc) is 2.32.